The molecular weight excluding hydrogens is 320 g/mol. The van der Waals surface area contributed by atoms with Crippen LogP contribution >= 0.6 is 11.8 Å². The van der Waals surface area contributed by atoms with E-state index in [0.717, 1.165) is 23.5 Å². The predicted octanol–water partition coefficient (Wildman–Crippen LogP) is 3.32. The third-order valence-corrected chi connectivity index (χ3v) is 5.02. The summed E-state index contributed by atoms with van der Waals surface area (Å²) < 4.78 is 0. The van der Waals surface area contributed by atoms with Crippen molar-refractivity contribution in [1.82, 2.24) is 4.90 Å². The highest BCUT2D eigenvalue weighted by molar-refractivity contribution is 8.00. The molecule has 3 rings (SSSR count). The fraction of sp³-hybridized carbons (Fsp3) is 0.263. The van der Waals surface area contributed by atoms with Crippen molar-refractivity contribution in [2.75, 3.05) is 17.6 Å². The molecule has 0 unspecified atom stereocenters. The summed E-state index contributed by atoms with van der Waals surface area (Å²) in [5.74, 6) is 0.512. The molecule has 2 amide bonds. The lowest BCUT2D eigenvalue weighted by Crippen LogP contribution is -2.37. The molecule has 5 heteroatoms. The standard InChI is InChI=1S/C19H20N2O2S/c1-14(22)20-17-6-8-18(9-7-17)24-13-19(23)21-11-10-15-4-2-3-5-16(15)12-21/h2-9H,10-13H2,1H3,(H,20,22). The van der Waals surface area contributed by atoms with Crippen LogP contribution in [0.5, 0.6) is 0 Å². The molecule has 0 atom stereocenters. The van der Waals surface area contributed by atoms with Gasteiger partial charge in [-0.05, 0) is 41.8 Å². The molecule has 0 radical (unpaired) electrons. The van der Waals surface area contributed by atoms with E-state index in [1.807, 2.05) is 35.2 Å². The Bertz CT molecular complexity index is 743. The molecule has 2 aromatic rings. The number of rotatable bonds is 4. The number of benzene rings is 2. The minimum absolute atomic E-state index is 0.0871. The Kier molecular flexibility index (Phi) is 5.20. The van der Waals surface area contributed by atoms with E-state index in [1.54, 1.807) is 0 Å². The second kappa shape index (κ2) is 7.53. The van der Waals surface area contributed by atoms with Crippen LogP contribution in [0.1, 0.15) is 18.1 Å². The summed E-state index contributed by atoms with van der Waals surface area (Å²) in [7, 11) is 0. The summed E-state index contributed by atoms with van der Waals surface area (Å²) in [4.78, 5) is 26.4. The van der Waals surface area contributed by atoms with Gasteiger partial charge in [-0.2, -0.15) is 0 Å². The van der Waals surface area contributed by atoms with Gasteiger partial charge in [-0.1, -0.05) is 24.3 Å². The zero-order valence-corrected chi connectivity index (χ0v) is 14.4. The van der Waals surface area contributed by atoms with Crippen molar-refractivity contribution < 1.29 is 9.59 Å². The maximum absolute atomic E-state index is 12.4. The van der Waals surface area contributed by atoms with Gasteiger partial charge in [0, 0.05) is 30.6 Å². The van der Waals surface area contributed by atoms with Gasteiger partial charge in [-0.3, -0.25) is 9.59 Å². The summed E-state index contributed by atoms with van der Waals surface area (Å²) in [6.45, 7) is 2.98. The number of anilines is 1. The number of hydrogen-bond donors (Lipinski definition) is 1. The molecule has 0 aliphatic carbocycles. The molecule has 0 saturated heterocycles. The number of amides is 2. The normalized spacial score (nSPS) is 13.3. The van der Waals surface area contributed by atoms with E-state index in [-0.39, 0.29) is 11.8 Å². The van der Waals surface area contributed by atoms with Crippen LogP contribution in [0.3, 0.4) is 0 Å². The van der Waals surface area contributed by atoms with Crippen LogP contribution in [0.25, 0.3) is 0 Å². The van der Waals surface area contributed by atoms with Gasteiger partial charge in [0.15, 0.2) is 0 Å². The molecule has 0 bridgehead atoms. The molecule has 124 valence electrons. The maximum atomic E-state index is 12.4. The number of nitrogens with zero attached hydrogens (tertiary/aromatic N) is 1. The van der Waals surface area contributed by atoms with Crippen molar-refractivity contribution in [3.8, 4) is 0 Å². The highest BCUT2D eigenvalue weighted by Gasteiger charge is 2.20. The third-order valence-electron chi connectivity index (χ3n) is 4.02. The van der Waals surface area contributed by atoms with E-state index >= 15 is 0 Å². The lowest BCUT2D eigenvalue weighted by atomic mass is 10.00. The molecule has 0 fully saturated rings. The van der Waals surface area contributed by atoms with Gasteiger partial charge in [0.25, 0.3) is 0 Å². The highest BCUT2D eigenvalue weighted by atomic mass is 32.2. The molecule has 0 saturated carbocycles. The van der Waals surface area contributed by atoms with Crippen molar-refractivity contribution in [3.63, 3.8) is 0 Å². The first-order valence-electron chi connectivity index (χ1n) is 7.97. The fourth-order valence-electron chi connectivity index (χ4n) is 2.78. The van der Waals surface area contributed by atoms with Gasteiger partial charge >= 0.3 is 0 Å². The topological polar surface area (TPSA) is 49.4 Å². The van der Waals surface area contributed by atoms with Gasteiger partial charge in [0.2, 0.25) is 11.8 Å². The molecular formula is C19H20N2O2S. The number of nitrogens with one attached hydrogen (secondary N) is 1. The van der Waals surface area contributed by atoms with E-state index < -0.39 is 0 Å². The number of carbonyl (C=O) groups excluding carboxylic acids is 2. The zero-order chi connectivity index (χ0) is 16.9. The lowest BCUT2D eigenvalue weighted by Gasteiger charge is -2.28. The average Bonchev–Trinajstić information content (AvgIpc) is 2.60. The van der Waals surface area contributed by atoms with Crippen LogP contribution in [-0.2, 0) is 22.6 Å². The molecule has 1 aliphatic rings. The SMILES string of the molecule is CC(=O)Nc1ccc(SCC(=O)N2CCc3ccccc3C2)cc1. The first kappa shape index (κ1) is 16.6. The molecule has 1 heterocycles. The van der Waals surface area contributed by atoms with Crippen LogP contribution in [0.15, 0.2) is 53.4 Å². The summed E-state index contributed by atoms with van der Waals surface area (Å²) >= 11 is 1.53. The Morgan fingerprint density at radius 2 is 1.79 bits per heavy atom. The Hall–Kier alpha value is -2.27. The van der Waals surface area contributed by atoms with E-state index in [0.29, 0.717) is 12.3 Å². The van der Waals surface area contributed by atoms with E-state index in [2.05, 4.69) is 23.5 Å². The lowest BCUT2D eigenvalue weighted by molar-refractivity contribution is -0.129. The molecule has 1 aliphatic heterocycles. The largest absolute Gasteiger partial charge is 0.337 e. The maximum Gasteiger partial charge on any atom is 0.233 e. The van der Waals surface area contributed by atoms with Crippen LogP contribution in [0, 0.1) is 0 Å². The van der Waals surface area contributed by atoms with Gasteiger partial charge in [-0.15, -0.1) is 11.8 Å². The summed E-state index contributed by atoms with van der Waals surface area (Å²) in [5, 5.41) is 2.73. The van der Waals surface area contributed by atoms with Crippen molar-refractivity contribution in [3.05, 3.63) is 59.7 Å². The number of fused-ring (bicyclic) bond motifs is 1. The fourth-order valence-corrected chi connectivity index (χ4v) is 3.58. The Labute approximate surface area is 146 Å². The van der Waals surface area contributed by atoms with Crippen LogP contribution in [0.4, 0.5) is 5.69 Å². The Balaban J connectivity index is 1.53. The third kappa shape index (κ3) is 4.17. The van der Waals surface area contributed by atoms with Gasteiger partial charge in [0.05, 0.1) is 5.75 Å². The summed E-state index contributed by atoms with van der Waals surface area (Å²) in [6, 6.07) is 15.9. The van der Waals surface area contributed by atoms with Crippen molar-refractivity contribution >= 4 is 29.3 Å². The van der Waals surface area contributed by atoms with Gasteiger partial charge in [-0.25, -0.2) is 0 Å². The Morgan fingerprint density at radius 3 is 2.50 bits per heavy atom. The molecule has 0 spiro atoms. The second-order valence-corrected chi connectivity index (χ2v) is 6.88. The quantitative estimate of drug-likeness (QED) is 0.869. The van der Waals surface area contributed by atoms with E-state index in [4.69, 9.17) is 0 Å². The molecule has 24 heavy (non-hydrogen) atoms. The van der Waals surface area contributed by atoms with Crippen LogP contribution in [-0.4, -0.2) is 29.0 Å². The number of carbonyl (C=O) groups is 2. The smallest absolute Gasteiger partial charge is 0.233 e. The Morgan fingerprint density at radius 1 is 1.08 bits per heavy atom. The van der Waals surface area contributed by atoms with Crippen LogP contribution in [0.2, 0.25) is 0 Å². The number of hydrogen-bond acceptors (Lipinski definition) is 3. The highest BCUT2D eigenvalue weighted by Crippen LogP contribution is 2.23. The second-order valence-electron chi connectivity index (χ2n) is 5.83. The minimum atomic E-state index is -0.0871. The van der Waals surface area contributed by atoms with Crippen molar-refractivity contribution in [2.24, 2.45) is 0 Å². The van der Waals surface area contributed by atoms with E-state index in [9.17, 15) is 9.59 Å². The number of thioether (sulfide) groups is 1. The summed E-state index contributed by atoms with van der Waals surface area (Å²) in [5.41, 5.74) is 3.37. The van der Waals surface area contributed by atoms with Crippen LogP contribution < -0.4 is 5.32 Å². The summed E-state index contributed by atoms with van der Waals surface area (Å²) in [6.07, 6.45) is 0.929. The average molecular weight is 340 g/mol. The van der Waals surface area contributed by atoms with Gasteiger partial charge < -0.3 is 10.2 Å². The predicted molar refractivity (Wildman–Crippen MR) is 97.0 cm³/mol. The minimum Gasteiger partial charge on any atom is -0.337 e. The molecule has 2 aromatic carbocycles. The monoisotopic (exact) mass is 340 g/mol. The molecule has 4 nitrogen and oxygen atoms in total. The van der Waals surface area contributed by atoms with E-state index in [1.165, 1.54) is 29.8 Å². The first-order chi connectivity index (χ1) is 11.6. The van der Waals surface area contributed by atoms with Gasteiger partial charge in [0.1, 0.15) is 0 Å². The molecule has 1 N–H and O–H groups in total. The van der Waals surface area contributed by atoms with Crippen molar-refractivity contribution in [2.45, 2.75) is 24.8 Å². The zero-order valence-electron chi connectivity index (χ0n) is 13.6. The molecule has 0 aromatic heterocycles. The van der Waals surface area contributed by atoms with Crippen molar-refractivity contribution in [1.29, 1.82) is 0 Å². The first-order valence-corrected chi connectivity index (χ1v) is 8.95.